The van der Waals surface area contributed by atoms with Gasteiger partial charge in [-0.05, 0) is 37.3 Å². The molecule has 2 aromatic heterocycles. The number of aromatic nitrogens is 3. The molecule has 3 rings (SSSR count). The Kier molecular flexibility index (Phi) is 3.56. The summed E-state index contributed by atoms with van der Waals surface area (Å²) in [7, 11) is 0. The smallest absolute Gasteiger partial charge is 0.129 e. The summed E-state index contributed by atoms with van der Waals surface area (Å²) in [6.07, 6.45) is 3.60. The fraction of sp³-hybridized carbons (Fsp3) is 0.200. The van der Waals surface area contributed by atoms with Crippen molar-refractivity contribution in [1.82, 2.24) is 14.5 Å². The lowest BCUT2D eigenvalue weighted by Gasteiger charge is -2.08. The number of imidazole rings is 1. The molecule has 0 atom stereocenters. The van der Waals surface area contributed by atoms with Crippen LogP contribution in [0.4, 0.5) is 5.69 Å². The van der Waals surface area contributed by atoms with E-state index in [0.29, 0.717) is 6.54 Å². The summed E-state index contributed by atoms with van der Waals surface area (Å²) in [5.74, 6) is 1.01. The van der Waals surface area contributed by atoms with Crippen molar-refractivity contribution in [2.75, 3.05) is 5.32 Å². The molecule has 0 aliphatic rings. The van der Waals surface area contributed by atoms with E-state index in [-0.39, 0.29) is 0 Å². The van der Waals surface area contributed by atoms with Crippen LogP contribution in [-0.4, -0.2) is 14.5 Å². The third-order valence-electron chi connectivity index (χ3n) is 3.24. The average Bonchev–Trinajstić information content (AvgIpc) is 2.84. The number of anilines is 1. The summed E-state index contributed by atoms with van der Waals surface area (Å²) in [4.78, 5) is 8.75. The van der Waals surface area contributed by atoms with Gasteiger partial charge in [-0.3, -0.25) is 4.98 Å². The van der Waals surface area contributed by atoms with Crippen molar-refractivity contribution in [3.63, 3.8) is 0 Å². The number of benzene rings is 1. The largest absolute Gasteiger partial charge is 0.378 e. The lowest BCUT2D eigenvalue weighted by molar-refractivity contribution is 0.729. The Morgan fingerprint density at radius 2 is 2.00 bits per heavy atom. The van der Waals surface area contributed by atoms with Gasteiger partial charge in [-0.1, -0.05) is 11.6 Å². The molecule has 1 N–H and O–H groups in total. The van der Waals surface area contributed by atoms with E-state index in [1.807, 2.05) is 30.3 Å². The van der Waals surface area contributed by atoms with Gasteiger partial charge in [0.25, 0.3) is 0 Å². The topological polar surface area (TPSA) is 42.7 Å². The SMILES string of the molecule is CCn1c(CNc2ccc(Cl)cc2)nc2cnccc21. The van der Waals surface area contributed by atoms with Crippen LogP contribution in [-0.2, 0) is 13.1 Å². The molecule has 0 bridgehead atoms. The highest BCUT2D eigenvalue weighted by molar-refractivity contribution is 6.30. The summed E-state index contributed by atoms with van der Waals surface area (Å²) < 4.78 is 2.19. The molecule has 5 heteroatoms. The average molecular weight is 287 g/mol. The van der Waals surface area contributed by atoms with Crippen molar-refractivity contribution in [1.29, 1.82) is 0 Å². The zero-order valence-corrected chi connectivity index (χ0v) is 11.9. The summed E-state index contributed by atoms with van der Waals surface area (Å²) in [5, 5.41) is 4.10. The number of rotatable bonds is 4. The van der Waals surface area contributed by atoms with Gasteiger partial charge in [0.15, 0.2) is 0 Å². The molecule has 0 fully saturated rings. The maximum atomic E-state index is 5.88. The van der Waals surface area contributed by atoms with Gasteiger partial charge in [0.1, 0.15) is 11.3 Å². The van der Waals surface area contributed by atoms with E-state index in [4.69, 9.17) is 11.6 Å². The second-order valence-electron chi connectivity index (χ2n) is 4.50. The Balaban J connectivity index is 1.85. The molecule has 4 nitrogen and oxygen atoms in total. The molecule has 3 aromatic rings. The summed E-state index contributed by atoms with van der Waals surface area (Å²) in [6, 6.07) is 9.66. The first-order valence-corrected chi connectivity index (χ1v) is 6.94. The second-order valence-corrected chi connectivity index (χ2v) is 4.93. The number of halogens is 1. The van der Waals surface area contributed by atoms with Crippen LogP contribution in [0.5, 0.6) is 0 Å². The first kappa shape index (κ1) is 12.9. The van der Waals surface area contributed by atoms with Crippen molar-refractivity contribution in [2.24, 2.45) is 0 Å². The zero-order chi connectivity index (χ0) is 13.9. The van der Waals surface area contributed by atoms with Crippen molar-refractivity contribution in [3.8, 4) is 0 Å². The van der Waals surface area contributed by atoms with Crippen molar-refractivity contribution in [3.05, 3.63) is 53.6 Å². The Labute approximate surface area is 122 Å². The predicted octanol–water partition coefficient (Wildman–Crippen LogP) is 3.72. The Hall–Kier alpha value is -2.07. The van der Waals surface area contributed by atoms with Crippen LogP contribution < -0.4 is 5.32 Å². The van der Waals surface area contributed by atoms with Crippen LogP contribution in [0.3, 0.4) is 0 Å². The lowest BCUT2D eigenvalue weighted by atomic mass is 10.3. The molecule has 0 saturated heterocycles. The fourth-order valence-corrected chi connectivity index (χ4v) is 2.39. The number of hydrogen-bond donors (Lipinski definition) is 1. The third kappa shape index (κ3) is 2.47. The summed E-state index contributed by atoms with van der Waals surface area (Å²) in [6.45, 7) is 3.68. The van der Waals surface area contributed by atoms with Gasteiger partial charge in [0.05, 0.1) is 18.3 Å². The van der Waals surface area contributed by atoms with Gasteiger partial charge in [0.2, 0.25) is 0 Å². The second kappa shape index (κ2) is 5.51. The third-order valence-corrected chi connectivity index (χ3v) is 3.49. The van der Waals surface area contributed by atoms with E-state index >= 15 is 0 Å². The zero-order valence-electron chi connectivity index (χ0n) is 11.2. The normalized spacial score (nSPS) is 10.9. The van der Waals surface area contributed by atoms with Crippen LogP contribution in [0.2, 0.25) is 5.02 Å². The molecule has 0 aliphatic carbocycles. The van der Waals surface area contributed by atoms with Gasteiger partial charge < -0.3 is 9.88 Å². The van der Waals surface area contributed by atoms with Gasteiger partial charge >= 0.3 is 0 Å². The highest BCUT2D eigenvalue weighted by Crippen LogP contribution is 2.17. The first-order chi connectivity index (χ1) is 9.78. The number of nitrogens with zero attached hydrogens (tertiary/aromatic N) is 3. The van der Waals surface area contributed by atoms with Crippen LogP contribution in [0, 0.1) is 0 Å². The molecule has 2 heterocycles. The molecule has 0 aliphatic heterocycles. The van der Waals surface area contributed by atoms with Crippen LogP contribution in [0.15, 0.2) is 42.7 Å². The molecule has 102 valence electrons. The fourth-order valence-electron chi connectivity index (χ4n) is 2.27. The Morgan fingerprint density at radius 1 is 1.20 bits per heavy atom. The lowest BCUT2D eigenvalue weighted by Crippen LogP contribution is -2.07. The highest BCUT2D eigenvalue weighted by atomic mass is 35.5. The number of hydrogen-bond acceptors (Lipinski definition) is 3. The van der Waals surface area contributed by atoms with Gasteiger partial charge in [0, 0.05) is 23.5 Å². The van der Waals surface area contributed by atoms with E-state index in [2.05, 4.69) is 26.8 Å². The van der Waals surface area contributed by atoms with E-state index in [9.17, 15) is 0 Å². The minimum absolute atomic E-state index is 0.671. The van der Waals surface area contributed by atoms with Crippen LogP contribution in [0.25, 0.3) is 11.0 Å². The van der Waals surface area contributed by atoms with Crippen LogP contribution >= 0.6 is 11.6 Å². The van der Waals surface area contributed by atoms with Crippen molar-refractivity contribution in [2.45, 2.75) is 20.0 Å². The van der Waals surface area contributed by atoms with E-state index in [1.54, 1.807) is 12.4 Å². The Morgan fingerprint density at radius 3 is 2.75 bits per heavy atom. The number of pyridine rings is 1. The van der Waals surface area contributed by atoms with Crippen molar-refractivity contribution < 1.29 is 0 Å². The highest BCUT2D eigenvalue weighted by Gasteiger charge is 2.08. The monoisotopic (exact) mass is 286 g/mol. The summed E-state index contributed by atoms with van der Waals surface area (Å²) >= 11 is 5.88. The maximum Gasteiger partial charge on any atom is 0.129 e. The van der Waals surface area contributed by atoms with Crippen LogP contribution in [0.1, 0.15) is 12.7 Å². The molecular formula is C15H15ClN4. The molecule has 20 heavy (non-hydrogen) atoms. The van der Waals surface area contributed by atoms with Crippen molar-refractivity contribution >= 4 is 28.3 Å². The molecule has 0 saturated carbocycles. The first-order valence-electron chi connectivity index (χ1n) is 6.56. The van der Waals surface area contributed by atoms with E-state index < -0.39 is 0 Å². The number of fused-ring (bicyclic) bond motifs is 1. The minimum Gasteiger partial charge on any atom is -0.378 e. The van der Waals surface area contributed by atoms with Gasteiger partial charge in [-0.15, -0.1) is 0 Å². The van der Waals surface area contributed by atoms with Gasteiger partial charge in [-0.2, -0.15) is 0 Å². The van der Waals surface area contributed by atoms with E-state index in [0.717, 1.165) is 34.1 Å². The molecule has 0 amide bonds. The number of aryl methyl sites for hydroxylation is 1. The molecule has 0 radical (unpaired) electrons. The molecule has 0 unspecified atom stereocenters. The maximum absolute atomic E-state index is 5.88. The predicted molar refractivity (Wildman–Crippen MR) is 82.0 cm³/mol. The molecule has 1 aromatic carbocycles. The van der Waals surface area contributed by atoms with Gasteiger partial charge in [-0.25, -0.2) is 4.98 Å². The Bertz CT molecular complexity index is 718. The minimum atomic E-state index is 0.671. The number of nitrogens with one attached hydrogen (secondary N) is 1. The van der Waals surface area contributed by atoms with E-state index in [1.165, 1.54) is 0 Å². The standard InChI is InChI=1S/C15H15ClN4/c1-2-20-14-7-8-17-9-13(14)19-15(20)10-18-12-5-3-11(16)4-6-12/h3-9,18H,2,10H2,1H3. The quantitative estimate of drug-likeness (QED) is 0.795. The summed E-state index contributed by atoms with van der Waals surface area (Å²) in [5.41, 5.74) is 3.08. The molecular weight excluding hydrogens is 272 g/mol. The molecule has 0 spiro atoms.